The molecule has 6 nitrogen and oxygen atoms in total. The number of halogens is 2. The number of amides is 2. The highest BCUT2D eigenvalue weighted by atomic mass is 35.5. The highest BCUT2D eigenvalue weighted by molar-refractivity contribution is 6.36. The molecule has 0 aromatic heterocycles. The number of hydrogen-bond donors (Lipinski definition) is 1. The molecule has 8 heteroatoms. The fourth-order valence-electron chi connectivity index (χ4n) is 3.02. The van der Waals surface area contributed by atoms with Crippen molar-refractivity contribution in [3.05, 3.63) is 58.1 Å². The summed E-state index contributed by atoms with van der Waals surface area (Å²) in [6.45, 7) is 2.49. The highest BCUT2D eigenvalue weighted by Gasteiger charge is 2.36. The Balaban J connectivity index is 1.63. The maximum atomic E-state index is 12.6. The second kappa shape index (κ2) is 9.29. The maximum absolute atomic E-state index is 12.6. The molecule has 1 fully saturated rings. The minimum atomic E-state index is -0.522. The summed E-state index contributed by atoms with van der Waals surface area (Å²) in [5.41, 5.74) is 1.44. The lowest BCUT2D eigenvalue weighted by atomic mass is 10.1. The Morgan fingerprint density at radius 2 is 1.90 bits per heavy atom. The largest absolute Gasteiger partial charge is 0.462 e. The van der Waals surface area contributed by atoms with Crippen molar-refractivity contribution >= 4 is 52.4 Å². The van der Waals surface area contributed by atoms with Crippen LogP contribution in [0.1, 0.15) is 30.1 Å². The van der Waals surface area contributed by atoms with Crippen LogP contribution in [0.5, 0.6) is 0 Å². The molecule has 1 atom stereocenters. The summed E-state index contributed by atoms with van der Waals surface area (Å²) in [6.07, 6.45) is 0.827. The maximum Gasteiger partial charge on any atom is 0.338 e. The van der Waals surface area contributed by atoms with Gasteiger partial charge in [-0.1, -0.05) is 30.1 Å². The molecular weight excluding hydrogens is 415 g/mol. The van der Waals surface area contributed by atoms with E-state index in [0.29, 0.717) is 33.6 Å². The van der Waals surface area contributed by atoms with Crippen LogP contribution in [-0.2, 0) is 14.3 Å². The van der Waals surface area contributed by atoms with Crippen molar-refractivity contribution in [2.24, 2.45) is 5.92 Å². The Kier molecular flexibility index (Phi) is 6.77. The van der Waals surface area contributed by atoms with Gasteiger partial charge in [-0.15, -0.1) is 0 Å². The molecule has 3 rings (SSSR count). The second-order valence-corrected chi connectivity index (χ2v) is 7.55. The summed E-state index contributed by atoms with van der Waals surface area (Å²) >= 11 is 12.2. The van der Waals surface area contributed by atoms with Gasteiger partial charge in [0.2, 0.25) is 11.8 Å². The zero-order chi connectivity index (χ0) is 21.0. The molecule has 0 bridgehead atoms. The summed E-state index contributed by atoms with van der Waals surface area (Å²) < 4.78 is 5.07. The standard InChI is InChI=1S/C21H20Cl2N2O4/c1-2-9-29-21(28)13-3-6-16(7-4-13)24-20(27)14-10-19(26)25(12-14)18-11-15(22)5-8-17(18)23/h3-8,11,14H,2,9-10,12H2,1H3,(H,24,27)/t14-/m0/s1. The van der Waals surface area contributed by atoms with Gasteiger partial charge in [-0.05, 0) is 48.9 Å². The van der Waals surface area contributed by atoms with Gasteiger partial charge in [-0.2, -0.15) is 0 Å². The van der Waals surface area contributed by atoms with E-state index in [1.165, 1.54) is 4.90 Å². The summed E-state index contributed by atoms with van der Waals surface area (Å²) in [6, 6.07) is 11.3. The number of rotatable bonds is 6. The molecule has 1 aliphatic rings. The number of benzene rings is 2. The molecule has 1 N–H and O–H groups in total. The first-order valence-corrected chi connectivity index (χ1v) is 9.98. The van der Waals surface area contributed by atoms with Crippen molar-refractivity contribution in [1.29, 1.82) is 0 Å². The van der Waals surface area contributed by atoms with Crippen LogP contribution in [0.15, 0.2) is 42.5 Å². The number of ether oxygens (including phenoxy) is 1. The Morgan fingerprint density at radius 1 is 1.17 bits per heavy atom. The van der Waals surface area contributed by atoms with E-state index in [1.54, 1.807) is 42.5 Å². The molecule has 0 aliphatic carbocycles. The average molecular weight is 435 g/mol. The van der Waals surface area contributed by atoms with Crippen LogP contribution in [0.4, 0.5) is 11.4 Å². The molecule has 0 unspecified atom stereocenters. The first-order chi connectivity index (χ1) is 13.9. The zero-order valence-electron chi connectivity index (χ0n) is 15.8. The first-order valence-electron chi connectivity index (χ1n) is 9.22. The number of hydrogen-bond acceptors (Lipinski definition) is 4. The van der Waals surface area contributed by atoms with Crippen LogP contribution in [0, 0.1) is 5.92 Å². The van der Waals surface area contributed by atoms with E-state index in [-0.39, 0.29) is 24.8 Å². The second-order valence-electron chi connectivity index (χ2n) is 6.70. The molecular formula is C21H20Cl2N2O4. The van der Waals surface area contributed by atoms with Crippen molar-refractivity contribution in [2.75, 3.05) is 23.4 Å². The van der Waals surface area contributed by atoms with Crippen LogP contribution in [0.3, 0.4) is 0 Å². The minimum absolute atomic E-state index is 0.0795. The van der Waals surface area contributed by atoms with E-state index in [4.69, 9.17) is 27.9 Å². The predicted octanol–water partition coefficient (Wildman–Crippen LogP) is 4.55. The number of esters is 1. The summed E-state index contributed by atoms with van der Waals surface area (Å²) in [5.74, 6) is -1.39. The van der Waals surface area contributed by atoms with Gasteiger partial charge in [0.25, 0.3) is 0 Å². The van der Waals surface area contributed by atoms with Gasteiger partial charge in [0, 0.05) is 23.7 Å². The Morgan fingerprint density at radius 3 is 2.59 bits per heavy atom. The fraction of sp³-hybridized carbons (Fsp3) is 0.286. The quantitative estimate of drug-likeness (QED) is 0.676. The molecule has 1 heterocycles. The number of nitrogens with zero attached hydrogens (tertiary/aromatic N) is 1. The number of nitrogens with one attached hydrogen (secondary N) is 1. The van der Waals surface area contributed by atoms with Crippen LogP contribution in [0.25, 0.3) is 0 Å². The van der Waals surface area contributed by atoms with Crippen LogP contribution >= 0.6 is 23.2 Å². The van der Waals surface area contributed by atoms with Gasteiger partial charge < -0.3 is 15.0 Å². The summed E-state index contributed by atoms with van der Waals surface area (Å²) in [5, 5.41) is 3.64. The lowest BCUT2D eigenvalue weighted by Crippen LogP contribution is -2.28. The smallest absolute Gasteiger partial charge is 0.338 e. The lowest BCUT2D eigenvalue weighted by molar-refractivity contribution is -0.122. The van der Waals surface area contributed by atoms with Crippen molar-refractivity contribution in [2.45, 2.75) is 19.8 Å². The van der Waals surface area contributed by atoms with Gasteiger partial charge >= 0.3 is 5.97 Å². The molecule has 0 radical (unpaired) electrons. The van der Waals surface area contributed by atoms with E-state index >= 15 is 0 Å². The van der Waals surface area contributed by atoms with Gasteiger partial charge in [0.1, 0.15) is 0 Å². The van der Waals surface area contributed by atoms with E-state index in [0.717, 1.165) is 6.42 Å². The van der Waals surface area contributed by atoms with E-state index < -0.39 is 11.9 Å². The average Bonchev–Trinajstić information content (AvgIpc) is 3.10. The molecule has 2 amide bonds. The monoisotopic (exact) mass is 434 g/mol. The van der Waals surface area contributed by atoms with Crippen molar-refractivity contribution in [3.8, 4) is 0 Å². The van der Waals surface area contributed by atoms with Gasteiger partial charge in [0.15, 0.2) is 0 Å². The zero-order valence-corrected chi connectivity index (χ0v) is 17.3. The summed E-state index contributed by atoms with van der Waals surface area (Å²) in [7, 11) is 0. The fourth-order valence-corrected chi connectivity index (χ4v) is 3.41. The third kappa shape index (κ3) is 5.08. The number of carbonyl (C=O) groups excluding carboxylic acids is 3. The minimum Gasteiger partial charge on any atom is -0.462 e. The molecule has 152 valence electrons. The Hall–Kier alpha value is -2.57. The molecule has 0 saturated carbocycles. The lowest BCUT2D eigenvalue weighted by Gasteiger charge is -2.18. The molecule has 1 aliphatic heterocycles. The molecule has 29 heavy (non-hydrogen) atoms. The topological polar surface area (TPSA) is 75.7 Å². The van der Waals surface area contributed by atoms with Gasteiger partial charge in [0.05, 0.1) is 28.8 Å². The van der Waals surface area contributed by atoms with E-state index in [2.05, 4.69) is 5.32 Å². The van der Waals surface area contributed by atoms with Crippen LogP contribution in [0.2, 0.25) is 10.0 Å². The highest BCUT2D eigenvalue weighted by Crippen LogP contribution is 2.33. The van der Waals surface area contributed by atoms with Crippen molar-refractivity contribution in [3.63, 3.8) is 0 Å². The molecule has 1 saturated heterocycles. The van der Waals surface area contributed by atoms with Crippen molar-refractivity contribution < 1.29 is 19.1 Å². The third-order valence-corrected chi connectivity index (χ3v) is 5.07. The SMILES string of the molecule is CCCOC(=O)c1ccc(NC(=O)[C@H]2CC(=O)N(c3cc(Cl)ccc3Cl)C2)cc1. The molecule has 2 aromatic carbocycles. The van der Waals surface area contributed by atoms with Gasteiger partial charge in [-0.3, -0.25) is 9.59 Å². The summed E-state index contributed by atoms with van der Waals surface area (Å²) in [4.78, 5) is 38.3. The normalized spacial score (nSPS) is 16.0. The number of carbonyl (C=O) groups is 3. The molecule has 0 spiro atoms. The van der Waals surface area contributed by atoms with E-state index in [9.17, 15) is 14.4 Å². The van der Waals surface area contributed by atoms with Gasteiger partial charge in [-0.25, -0.2) is 4.79 Å². The predicted molar refractivity (Wildman–Crippen MR) is 113 cm³/mol. The molecule has 2 aromatic rings. The van der Waals surface area contributed by atoms with E-state index in [1.807, 2.05) is 6.92 Å². The number of anilines is 2. The third-order valence-electron chi connectivity index (χ3n) is 4.52. The van der Waals surface area contributed by atoms with Crippen molar-refractivity contribution in [1.82, 2.24) is 0 Å². The Labute approximate surface area is 178 Å². The van der Waals surface area contributed by atoms with Crippen LogP contribution in [-0.4, -0.2) is 30.9 Å². The Bertz CT molecular complexity index is 931. The van der Waals surface area contributed by atoms with Crippen LogP contribution < -0.4 is 10.2 Å². The first kappa shape index (κ1) is 21.1.